The minimum atomic E-state index is -3.46. The van der Waals surface area contributed by atoms with Crippen LogP contribution in [0.1, 0.15) is 18.2 Å². The number of nitrogens with two attached hydrogens (primary N) is 1. The molecule has 1 rings (SSSR count). The second kappa shape index (κ2) is 6.75. The SMILES string of the molecule is CCOCCCNc1sc(C#N)c(N)c1S(C)(=O)=O. The molecule has 8 heteroatoms. The van der Waals surface area contributed by atoms with Gasteiger partial charge in [-0.05, 0) is 13.3 Å². The van der Waals surface area contributed by atoms with E-state index in [9.17, 15) is 8.42 Å². The third-order valence-electron chi connectivity index (χ3n) is 2.33. The molecule has 6 nitrogen and oxygen atoms in total. The Bertz CT molecular complexity index is 573. The van der Waals surface area contributed by atoms with Gasteiger partial charge in [-0.1, -0.05) is 0 Å². The van der Waals surface area contributed by atoms with Gasteiger partial charge in [-0.3, -0.25) is 0 Å². The Morgan fingerprint density at radius 1 is 1.53 bits per heavy atom. The summed E-state index contributed by atoms with van der Waals surface area (Å²) in [5.74, 6) is 0. The van der Waals surface area contributed by atoms with Crippen LogP contribution in [0.5, 0.6) is 0 Å². The monoisotopic (exact) mass is 303 g/mol. The summed E-state index contributed by atoms with van der Waals surface area (Å²) in [6.07, 6.45) is 1.83. The van der Waals surface area contributed by atoms with Crippen LogP contribution in [-0.4, -0.2) is 34.4 Å². The number of hydrogen-bond donors (Lipinski definition) is 2. The fourth-order valence-electron chi connectivity index (χ4n) is 1.52. The Balaban J connectivity index is 2.86. The number of anilines is 2. The first-order valence-electron chi connectivity index (χ1n) is 5.75. The number of sulfone groups is 1. The van der Waals surface area contributed by atoms with E-state index >= 15 is 0 Å². The van der Waals surface area contributed by atoms with Crippen molar-refractivity contribution < 1.29 is 13.2 Å². The van der Waals surface area contributed by atoms with Gasteiger partial charge in [0, 0.05) is 26.0 Å². The molecule has 0 saturated carbocycles. The van der Waals surface area contributed by atoms with E-state index in [1.54, 1.807) is 0 Å². The molecule has 0 unspecified atom stereocenters. The molecule has 1 heterocycles. The highest BCUT2D eigenvalue weighted by molar-refractivity contribution is 7.91. The molecule has 1 aromatic heterocycles. The first kappa shape index (κ1) is 15.8. The average Bonchev–Trinajstić information content (AvgIpc) is 2.65. The molecule has 0 atom stereocenters. The lowest BCUT2D eigenvalue weighted by atomic mass is 10.4. The largest absolute Gasteiger partial charge is 0.396 e. The van der Waals surface area contributed by atoms with Crippen LogP contribution in [0.2, 0.25) is 0 Å². The van der Waals surface area contributed by atoms with Crippen molar-refractivity contribution in [3.8, 4) is 6.07 Å². The van der Waals surface area contributed by atoms with Crippen molar-refractivity contribution in [2.24, 2.45) is 0 Å². The topological polar surface area (TPSA) is 105 Å². The molecule has 0 amide bonds. The van der Waals surface area contributed by atoms with Crippen molar-refractivity contribution in [3.63, 3.8) is 0 Å². The van der Waals surface area contributed by atoms with E-state index in [1.807, 2.05) is 13.0 Å². The lowest BCUT2D eigenvalue weighted by Crippen LogP contribution is -2.08. The standard InChI is InChI=1S/C11H17N3O3S2/c1-3-17-6-4-5-14-11-10(19(2,15)16)9(13)8(7-12)18-11/h14H,3-6,13H2,1-2H3. The van der Waals surface area contributed by atoms with Gasteiger partial charge in [-0.25, -0.2) is 8.42 Å². The van der Waals surface area contributed by atoms with Crippen molar-refractivity contribution in [2.45, 2.75) is 18.2 Å². The van der Waals surface area contributed by atoms with Crippen molar-refractivity contribution in [1.29, 1.82) is 5.26 Å². The molecule has 0 radical (unpaired) electrons. The smallest absolute Gasteiger partial charge is 0.180 e. The second-order valence-corrected chi connectivity index (χ2v) is 6.84. The quantitative estimate of drug-likeness (QED) is 0.738. The van der Waals surface area contributed by atoms with Crippen LogP contribution in [0.4, 0.5) is 10.7 Å². The van der Waals surface area contributed by atoms with Crippen LogP contribution in [0.15, 0.2) is 4.90 Å². The number of hydrogen-bond acceptors (Lipinski definition) is 7. The molecule has 3 N–H and O–H groups in total. The van der Waals surface area contributed by atoms with E-state index in [0.29, 0.717) is 24.8 Å². The van der Waals surface area contributed by atoms with Crippen LogP contribution in [-0.2, 0) is 14.6 Å². The van der Waals surface area contributed by atoms with E-state index in [2.05, 4.69) is 5.32 Å². The molecule has 0 aliphatic rings. The van der Waals surface area contributed by atoms with Crippen LogP contribution in [0.3, 0.4) is 0 Å². The van der Waals surface area contributed by atoms with Crippen LogP contribution < -0.4 is 11.1 Å². The molecule has 0 aromatic carbocycles. The maximum Gasteiger partial charge on any atom is 0.180 e. The average molecular weight is 303 g/mol. The zero-order valence-corrected chi connectivity index (χ0v) is 12.5. The fraction of sp³-hybridized carbons (Fsp3) is 0.545. The van der Waals surface area contributed by atoms with Crippen LogP contribution in [0.25, 0.3) is 0 Å². The van der Waals surface area contributed by atoms with E-state index in [1.165, 1.54) is 0 Å². The summed E-state index contributed by atoms with van der Waals surface area (Å²) in [5, 5.41) is 12.3. The number of rotatable bonds is 7. The molecular formula is C11H17N3O3S2. The molecule has 19 heavy (non-hydrogen) atoms. The van der Waals surface area contributed by atoms with Crippen molar-refractivity contribution in [3.05, 3.63) is 4.88 Å². The summed E-state index contributed by atoms with van der Waals surface area (Å²) in [6, 6.07) is 1.90. The van der Waals surface area contributed by atoms with Gasteiger partial charge in [0.05, 0.1) is 5.69 Å². The minimum absolute atomic E-state index is 0.0189. The number of nitrogens with zero attached hydrogens (tertiary/aromatic N) is 1. The lowest BCUT2D eigenvalue weighted by molar-refractivity contribution is 0.147. The van der Waals surface area contributed by atoms with Gasteiger partial charge in [0.15, 0.2) is 9.84 Å². The number of thiophene rings is 1. The third kappa shape index (κ3) is 4.09. The first-order chi connectivity index (χ1) is 8.91. The van der Waals surface area contributed by atoms with E-state index in [4.69, 9.17) is 15.7 Å². The van der Waals surface area contributed by atoms with Crippen molar-refractivity contribution >= 4 is 31.9 Å². The summed E-state index contributed by atoms with van der Waals surface area (Å²) in [7, 11) is -3.46. The normalized spacial score (nSPS) is 11.2. The number of nitriles is 1. The lowest BCUT2D eigenvalue weighted by Gasteiger charge is -2.06. The molecule has 0 aliphatic heterocycles. The van der Waals surface area contributed by atoms with E-state index < -0.39 is 9.84 Å². The summed E-state index contributed by atoms with van der Waals surface area (Å²) in [5.41, 5.74) is 5.73. The molecule has 0 fully saturated rings. The van der Waals surface area contributed by atoms with Gasteiger partial charge in [0.1, 0.15) is 20.8 Å². The molecule has 1 aromatic rings. The Hall–Kier alpha value is -1.30. The number of nitrogens with one attached hydrogen (secondary N) is 1. The summed E-state index contributed by atoms with van der Waals surface area (Å²) >= 11 is 1.06. The highest BCUT2D eigenvalue weighted by atomic mass is 32.2. The van der Waals surface area contributed by atoms with E-state index in [-0.39, 0.29) is 15.5 Å². The predicted molar refractivity (Wildman–Crippen MR) is 76.2 cm³/mol. The Morgan fingerprint density at radius 2 is 2.21 bits per heavy atom. The summed E-state index contributed by atoms with van der Waals surface area (Å²) < 4.78 is 28.6. The predicted octanol–water partition coefficient (Wildman–Crippen LogP) is 1.44. The molecule has 0 saturated heterocycles. The molecule has 106 valence electrons. The Morgan fingerprint density at radius 3 is 2.74 bits per heavy atom. The van der Waals surface area contributed by atoms with Gasteiger partial charge in [0.2, 0.25) is 0 Å². The maximum absolute atomic E-state index is 11.7. The van der Waals surface area contributed by atoms with Crippen LogP contribution in [0, 0.1) is 11.3 Å². The van der Waals surface area contributed by atoms with Crippen molar-refractivity contribution in [2.75, 3.05) is 37.1 Å². The summed E-state index contributed by atoms with van der Waals surface area (Å²) in [6.45, 7) is 3.73. The Labute approximate surface area is 117 Å². The zero-order valence-electron chi connectivity index (χ0n) is 10.9. The third-order valence-corrected chi connectivity index (χ3v) is 4.69. The van der Waals surface area contributed by atoms with Gasteiger partial charge in [-0.2, -0.15) is 5.26 Å². The number of nitrogen functional groups attached to an aromatic ring is 1. The van der Waals surface area contributed by atoms with Gasteiger partial charge in [0.25, 0.3) is 0 Å². The summed E-state index contributed by atoms with van der Waals surface area (Å²) in [4.78, 5) is 0.234. The maximum atomic E-state index is 11.7. The molecular weight excluding hydrogens is 286 g/mol. The zero-order chi connectivity index (χ0) is 14.5. The van der Waals surface area contributed by atoms with E-state index in [0.717, 1.165) is 24.0 Å². The minimum Gasteiger partial charge on any atom is -0.396 e. The molecule has 0 spiro atoms. The second-order valence-electron chi connectivity index (χ2n) is 3.86. The fourth-order valence-corrected chi connectivity index (χ4v) is 3.91. The van der Waals surface area contributed by atoms with Crippen LogP contribution >= 0.6 is 11.3 Å². The Kier molecular flexibility index (Phi) is 5.60. The van der Waals surface area contributed by atoms with Gasteiger partial charge in [-0.15, -0.1) is 11.3 Å². The van der Waals surface area contributed by atoms with Gasteiger partial charge >= 0.3 is 0 Å². The first-order valence-corrected chi connectivity index (χ1v) is 8.46. The highest BCUT2D eigenvalue weighted by Crippen LogP contribution is 2.38. The van der Waals surface area contributed by atoms with Gasteiger partial charge < -0.3 is 15.8 Å². The number of ether oxygens (including phenoxy) is 1. The van der Waals surface area contributed by atoms with Crippen molar-refractivity contribution in [1.82, 2.24) is 0 Å². The molecule has 0 bridgehead atoms. The molecule has 0 aliphatic carbocycles. The highest BCUT2D eigenvalue weighted by Gasteiger charge is 2.23.